The minimum absolute atomic E-state index is 0.0434. The van der Waals surface area contributed by atoms with Crippen LogP contribution >= 0.6 is 11.3 Å². The number of nitrogens with one attached hydrogen (secondary N) is 2. The molecule has 2 N–H and O–H groups in total. The van der Waals surface area contributed by atoms with Gasteiger partial charge in [-0.15, -0.1) is 11.3 Å². The summed E-state index contributed by atoms with van der Waals surface area (Å²) in [5.41, 5.74) is 2.94. The molecule has 6 heteroatoms. The van der Waals surface area contributed by atoms with E-state index in [2.05, 4.69) is 16.7 Å². The normalized spacial score (nSPS) is 10.8. The van der Waals surface area contributed by atoms with E-state index in [1.165, 1.54) is 4.88 Å². The zero-order valence-electron chi connectivity index (χ0n) is 16.7. The van der Waals surface area contributed by atoms with Crippen LogP contribution in [-0.4, -0.2) is 16.4 Å². The van der Waals surface area contributed by atoms with Gasteiger partial charge < -0.3 is 15.2 Å². The van der Waals surface area contributed by atoms with Crippen LogP contribution in [0.2, 0.25) is 0 Å². The van der Waals surface area contributed by atoms with E-state index < -0.39 is 0 Å². The summed E-state index contributed by atoms with van der Waals surface area (Å²) in [6, 6.07) is 18.9. The molecule has 0 saturated heterocycles. The molecular weight excluding hydrogens is 394 g/mol. The van der Waals surface area contributed by atoms with E-state index in [0.717, 1.165) is 29.4 Å². The fourth-order valence-corrected chi connectivity index (χ4v) is 4.20. The van der Waals surface area contributed by atoms with Crippen molar-refractivity contribution in [1.29, 1.82) is 0 Å². The Bertz CT molecular complexity index is 1180. The summed E-state index contributed by atoms with van der Waals surface area (Å²) in [5.74, 6) is -0.252. The van der Waals surface area contributed by atoms with E-state index in [4.69, 9.17) is 0 Å². The van der Waals surface area contributed by atoms with Crippen molar-refractivity contribution >= 4 is 45.4 Å². The first-order chi connectivity index (χ1) is 14.6. The van der Waals surface area contributed by atoms with Crippen molar-refractivity contribution in [2.75, 3.05) is 10.6 Å². The summed E-state index contributed by atoms with van der Waals surface area (Å²) in [4.78, 5) is 26.3. The maximum Gasteiger partial charge on any atom is 0.255 e. The number of benzene rings is 2. The molecule has 2 heterocycles. The van der Waals surface area contributed by atoms with Gasteiger partial charge in [0.25, 0.3) is 5.91 Å². The number of amides is 2. The average Bonchev–Trinajstić information content (AvgIpc) is 3.39. The van der Waals surface area contributed by atoms with Gasteiger partial charge in [0.1, 0.15) is 0 Å². The van der Waals surface area contributed by atoms with Crippen LogP contribution in [0.3, 0.4) is 0 Å². The number of rotatable bonds is 7. The van der Waals surface area contributed by atoms with Crippen LogP contribution in [0.1, 0.15) is 28.1 Å². The van der Waals surface area contributed by atoms with Crippen LogP contribution in [-0.2, 0) is 18.3 Å². The van der Waals surface area contributed by atoms with E-state index in [-0.39, 0.29) is 11.8 Å². The Morgan fingerprint density at radius 2 is 1.87 bits per heavy atom. The summed E-state index contributed by atoms with van der Waals surface area (Å²) in [5, 5.41) is 8.91. The zero-order valence-corrected chi connectivity index (χ0v) is 17.5. The van der Waals surface area contributed by atoms with Gasteiger partial charge in [0.05, 0.1) is 5.69 Å². The van der Waals surface area contributed by atoms with Crippen molar-refractivity contribution in [3.63, 3.8) is 0 Å². The molecule has 0 spiro atoms. The number of thiophene rings is 1. The number of nitrogens with zero attached hydrogens (tertiary/aromatic N) is 1. The third kappa shape index (κ3) is 4.60. The Morgan fingerprint density at radius 1 is 1.00 bits per heavy atom. The van der Waals surface area contributed by atoms with Gasteiger partial charge in [-0.05, 0) is 60.7 Å². The van der Waals surface area contributed by atoms with Crippen LogP contribution in [0.4, 0.5) is 11.4 Å². The summed E-state index contributed by atoms with van der Waals surface area (Å²) in [7, 11) is 1.97. The molecule has 0 aliphatic rings. The fraction of sp³-hybridized carbons (Fsp3) is 0.167. The third-order valence-corrected chi connectivity index (χ3v) is 5.93. The minimum Gasteiger partial charge on any atom is -0.350 e. The summed E-state index contributed by atoms with van der Waals surface area (Å²) in [6.07, 6.45) is 4.12. The molecule has 2 amide bonds. The fourth-order valence-electron chi connectivity index (χ4n) is 3.45. The summed E-state index contributed by atoms with van der Waals surface area (Å²) < 4.78 is 2.01. The summed E-state index contributed by atoms with van der Waals surface area (Å²) in [6.45, 7) is 0. The van der Waals surface area contributed by atoms with Crippen LogP contribution in [0.5, 0.6) is 0 Å². The van der Waals surface area contributed by atoms with Crippen molar-refractivity contribution in [3.05, 3.63) is 82.7 Å². The second-order valence-electron chi connectivity index (χ2n) is 7.18. The molecule has 0 aliphatic carbocycles. The average molecular weight is 418 g/mol. The van der Waals surface area contributed by atoms with E-state index in [1.807, 2.05) is 53.5 Å². The number of fused-ring (bicyclic) bond motifs is 1. The van der Waals surface area contributed by atoms with E-state index in [9.17, 15) is 9.59 Å². The smallest absolute Gasteiger partial charge is 0.255 e. The Morgan fingerprint density at radius 3 is 2.70 bits per heavy atom. The first kappa shape index (κ1) is 19.9. The molecule has 0 bridgehead atoms. The number of aromatic nitrogens is 1. The Hall–Kier alpha value is -3.38. The van der Waals surface area contributed by atoms with E-state index in [0.29, 0.717) is 17.7 Å². The SMILES string of the molecule is Cn1ccc2c(NC(=O)c3cccc(NC(=O)CCCc4cccs4)c3)cccc21. The predicted molar refractivity (Wildman–Crippen MR) is 123 cm³/mol. The lowest BCUT2D eigenvalue weighted by Crippen LogP contribution is -2.14. The van der Waals surface area contributed by atoms with Gasteiger partial charge >= 0.3 is 0 Å². The molecule has 0 unspecified atom stereocenters. The number of carbonyl (C=O) groups is 2. The molecule has 5 nitrogen and oxygen atoms in total. The minimum atomic E-state index is -0.208. The highest BCUT2D eigenvalue weighted by Crippen LogP contribution is 2.24. The number of aryl methyl sites for hydroxylation is 2. The summed E-state index contributed by atoms with van der Waals surface area (Å²) >= 11 is 1.71. The van der Waals surface area contributed by atoms with Crippen molar-refractivity contribution in [1.82, 2.24) is 4.57 Å². The highest BCUT2D eigenvalue weighted by molar-refractivity contribution is 7.09. The number of carbonyl (C=O) groups excluding carboxylic acids is 2. The van der Waals surface area contributed by atoms with Crippen LogP contribution < -0.4 is 10.6 Å². The van der Waals surface area contributed by atoms with Crippen LogP contribution in [0, 0.1) is 0 Å². The van der Waals surface area contributed by atoms with E-state index in [1.54, 1.807) is 35.6 Å². The molecular formula is C24H23N3O2S. The van der Waals surface area contributed by atoms with Gasteiger partial charge in [-0.1, -0.05) is 18.2 Å². The van der Waals surface area contributed by atoms with Gasteiger partial charge in [0.15, 0.2) is 0 Å². The molecule has 0 aliphatic heterocycles. The van der Waals surface area contributed by atoms with Crippen molar-refractivity contribution in [2.45, 2.75) is 19.3 Å². The molecule has 0 saturated carbocycles. The standard InChI is InChI=1S/C24H23N3O2S/c1-27-14-13-20-21(10-4-11-22(20)27)26-24(29)17-6-2-7-18(16-17)25-23(28)12-3-8-19-9-5-15-30-19/h2,4-7,9-11,13-16H,3,8,12H2,1H3,(H,25,28)(H,26,29). The second kappa shape index (κ2) is 8.97. The largest absolute Gasteiger partial charge is 0.350 e. The van der Waals surface area contributed by atoms with Gasteiger partial charge in [-0.2, -0.15) is 0 Å². The predicted octanol–water partition coefficient (Wildman–Crippen LogP) is 5.45. The molecule has 0 fully saturated rings. The molecule has 0 radical (unpaired) electrons. The Kier molecular flexibility index (Phi) is 5.95. The maximum atomic E-state index is 12.8. The molecule has 4 rings (SSSR count). The molecule has 0 atom stereocenters. The Balaban J connectivity index is 1.38. The van der Waals surface area contributed by atoms with Crippen molar-refractivity contribution in [2.24, 2.45) is 7.05 Å². The molecule has 2 aromatic carbocycles. The van der Waals surface area contributed by atoms with Crippen LogP contribution in [0.25, 0.3) is 10.9 Å². The Labute approximate surface area is 179 Å². The van der Waals surface area contributed by atoms with Gasteiger partial charge in [0.2, 0.25) is 5.91 Å². The topological polar surface area (TPSA) is 63.1 Å². The zero-order chi connectivity index (χ0) is 20.9. The van der Waals surface area contributed by atoms with E-state index >= 15 is 0 Å². The number of anilines is 2. The number of hydrogen-bond donors (Lipinski definition) is 2. The first-order valence-corrected chi connectivity index (χ1v) is 10.8. The lowest BCUT2D eigenvalue weighted by molar-refractivity contribution is -0.116. The maximum absolute atomic E-state index is 12.8. The molecule has 2 aromatic heterocycles. The highest BCUT2D eigenvalue weighted by atomic mass is 32.1. The third-order valence-electron chi connectivity index (χ3n) is 4.99. The second-order valence-corrected chi connectivity index (χ2v) is 8.21. The molecule has 4 aromatic rings. The molecule has 30 heavy (non-hydrogen) atoms. The first-order valence-electron chi connectivity index (χ1n) is 9.88. The van der Waals surface area contributed by atoms with Crippen molar-refractivity contribution < 1.29 is 9.59 Å². The monoisotopic (exact) mass is 417 g/mol. The molecule has 152 valence electrons. The van der Waals surface area contributed by atoms with Gasteiger partial charge in [-0.3, -0.25) is 9.59 Å². The number of hydrogen-bond acceptors (Lipinski definition) is 3. The van der Waals surface area contributed by atoms with Gasteiger partial charge in [-0.25, -0.2) is 0 Å². The quantitative estimate of drug-likeness (QED) is 0.420. The highest BCUT2D eigenvalue weighted by Gasteiger charge is 2.11. The van der Waals surface area contributed by atoms with Crippen molar-refractivity contribution in [3.8, 4) is 0 Å². The van der Waals surface area contributed by atoms with Gasteiger partial charge in [0, 0.05) is 46.7 Å². The van der Waals surface area contributed by atoms with Crippen LogP contribution in [0.15, 0.2) is 72.2 Å². The lowest BCUT2D eigenvalue weighted by atomic mass is 10.1. The lowest BCUT2D eigenvalue weighted by Gasteiger charge is -2.09.